The number of carbonyl (C=O) groups is 2. The third-order valence-electron chi connectivity index (χ3n) is 8.99. The van der Waals surface area contributed by atoms with Gasteiger partial charge in [0.2, 0.25) is 5.43 Å². The highest BCUT2D eigenvalue weighted by Gasteiger charge is 2.34. The molecule has 11 heteroatoms. The number of benzene rings is 2. The zero-order valence-corrected chi connectivity index (χ0v) is 29.6. The molecule has 2 aromatic heterocycles. The topological polar surface area (TPSA) is 88.2 Å². The van der Waals surface area contributed by atoms with E-state index < -0.39 is 28.8 Å². The summed E-state index contributed by atoms with van der Waals surface area (Å²) in [6.07, 6.45) is 3.08. The van der Waals surface area contributed by atoms with Gasteiger partial charge in [0.15, 0.2) is 0 Å². The van der Waals surface area contributed by atoms with Crippen molar-refractivity contribution in [1.29, 1.82) is 0 Å². The first-order chi connectivity index (χ1) is 22.1. The summed E-state index contributed by atoms with van der Waals surface area (Å²) >= 11 is 3.55. The molecule has 2 fully saturated rings. The van der Waals surface area contributed by atoms with Gasteiger partial charge in [0.25, 0.3) is 5.91 Å². The number of aromatic nitrogens is 1. The van der Waals surface area contributed by atoms with E-state index in [1.54, 1.807) is 29.1 Å². The normalized spacial score (nSPS) is 16.3. The Morgan fingerprint density at radius 1 is 1.06 bits per heavy atom. The van der Waals surface area contributed by atoms with Crippen molar-refractivity contribution in [2.75, 3.05) is 38.1 Å². The van der Waals surface area contributed by atoms with Crippen LogP contribution in [-0.2, 0) is 4.74 Å². The molecule has 0 radical (unpaired) electrons. The lowest BCUT2D eigenvalue weighted by atomic mass is 9.99. The van der Waals surface area contributed by atoms with Gasteiger partial charge in [-0.1, -0.05) is 29.8 Å². The molecule has 9 nitrogen and oxygen atoms in total. The number of hydrogen-bond acceptors (Lipinski definition) is 6. The molecule has 1 saturated carbocycles. The minimum atomic E-state index is -0.597. The summed E-state index contributed by atoms with van der Waals surface area (Å²) < 4.78 is 30.5. The number of carbonyl (C=O) groups excluding carboxylic acids is 2. The average molecular weight is 710 g/mol. The lowest BCUT2D eigenvalue weighted by molar-refractivity contribution is 0.0240. The van der Waals surface area contributed by atoms with E-state index >= 15 is 4.39 Å². The number of halogens is 2. The second-order valence-electron chi connectivity index (χ2n) is 14.2. The Morgan fingerprint density at radius 2 is 1.74 bits per heavy atom. The second-order valence-corrected chi connectivity index (χ2v) is 15.1. The van der Waals surface area contributed by atoms with Gasteiger partial charge in [-0.05, 0) is 82.3 Å². The number of amides is 2. The molecule has 1 aliphatic heterocycles. The van der Waals surface area contributed by atoms with Crippen molar-refractivity contribution in [3.63, 3.8) is 0 Å². The van der Waals surface area contributed by atoms with Crippen molar-refractivity contribution in [2.45, 2.75) is 72.1 Å². The Kier molecular flexibility index (Phi) is 8.65. The molecule has 4 aromatic rings. The number of nitrogens with zero attached hydrogens (tertiary/aromatic N) is 4. The van der Waals surface area contributed by atoms with Crippen LogP contribution in [-0.4, -0.2) is 65.2 Å². The highest BCUT2D eigenvalue weighted by atomic mass is 79.9. The molecule has 2 aromatic carbocycles. The van der Waals surface area contributed by atoms with Gasteiger partial charge in [-0.15, -0.1) is 0 Å². The Hall–Kier alpha value is -3.86. The van der Waals surface area contributed by atoms with Gasteiger partial charge >= 0.3 is 6.09 Å². The van der Waals surface area contributed by atoms with E-state index in [4.69, 9.17) is 9.15 Å². The SMILES string of the molecule is Cc1cc(Br)cc2cc(C(C(C)C)N(C)C(=O)c3cn(C4CC4)c4cc(N5CCN(C(=O)OC(C)(C)C)CC5)c(F)cc4c3=O)oc12. The number of fused-ring (bicyclic) bond motifs is 2. The van der Waals surface area contributed by atoms with Crippen molar-refractivity contribution < 1.29 is 23.1 Å². The largest absolute Gasteiger partial charge is 0.459 e. The van der Waals surface area contributed by atoms with Crippen molar-refractivity contribution in [3.8, 4) is 0 Å². The maximum atomic E-state index is 15.8. The van der Waals surface area contributed by atoms with Gasteiger partial charge in [-0.3, -0.25) is 9.59 Å². The van der Waals surface area contributed by atoms with E-state index in [0.717, 1.165) is 33.8 Å². The molecule has 0 bridgehead atoms. The summed E-state index contributed by atoms with van der Waals surface area (Å²) in [5.74, 6) is -0.358. The first kappa shape index (κ1) is 33.1. The monoisotopic (exact) mass is 708 g/mol. The molecule has 2 amide bonds. The summed E-state index contributed by atoms with van der Waals surface area (Å²) in [4.78, 5) is 45.8. The van der Waals surface area contributed by atoms with E-state index in [9.17, 15) is 14.4 Å². The molecule has 250 valence electrons. The molecule has 6 rings (SSSR count). The third kappa shape index (κ3) is 6.51. The van der Waals surface area contributed by atoms with E-state index in [1.807, 2.05) is 69.2 Å². The summed E-state index contributed by atoms with van der Waals surface area (Å²) in [5.41, 5.74) is 1.62. The smallest absolute Gasteiger partial charge is 0.410 e. The lowest BCUT2D eigenvalue weighted by Gasteiger charge is -2.37. The third-order valence-corrected chi connectivity index (χ3v) is 9.45. The average Bonchev–Trinajstić information content (AvgIpc) is 3.75. The molecule has 1 aliphatic carbocycles. The van der Waals surface area contributed by atoms with Crippen LogP contribution in [0.1, 0.15) is 81.2 Å². The quantitative estimate of drug-likeness (QED) is 0.203. The van der Waals surface area contributed by atoms with Gasteiger partial charge in [0.1, 0.15) is 28.3 Å². The van der Waals surface area contributed by atoms with E-state index in [-0.39, 0.29) is 29.0 Å². The summed E-state index contributed by atoms with van der Waals surface area (Å²) in [6, 6.07) is 8.59. The number of hydrogen-bond donors (Lipinski definition) is 0. The number of aryl methyl sites for hydroxylation is 1. The number of pyridine rings is 1. The van der Waals surface area contributed by atoms with Crippen molar-refractivity contribution in [3.05, 3.63) is 73.9 Å². The van der Waals surface area contributed by atoms with Gasteiger partial charge < -0.3 is 28.4 Å². The minimum Gasteiger partial charge on any atom is -0.459 e. The Morgan fingerprint density at radius 3 is 2.36 bits per heavy atom. The maximum absolute atomic E-state index is 15.8. The molecule has 1 atom stereocenters. The molecular formula is C36H42BrFN4O5. The van der Waals surface area contributed by atoms with Gasteiger partial charge in [-0.25, -0.2) is 9.18 Å². The van der Waals surface area contributed by atoms with Crippen molar-refractivity contribution in [2.24, 2.45) is 5.92 Å². The fourth-order valence-corrected chi connectivity index (χ4v) is 7.19. The zero-order chi connectivity index (χ0) is 33.9. The highest BCUT2D eigenvalue weighted by Crippen LogP contribution is 2.39. The summed E-state index contributed by atoms with van der Waals surface area (Å²) in [5, 5.41) is 1.10. The predicted molar refractivity (Wildman–Crippen MR) is 185 cm³/mol. The lowest BCUT2D eigenvalue weighted by Crippen LogP contribution is -2.50. The standard InChI is InChI=1S/C36H42BrFN4O5/c1-20(2)31(30-16-22-15-23(37)14-21(3)33(22)46-30)39(7)34(44)26-19-42(24-8-9-24)28-18-29(27(38)17-25(28)32(26)43)40-10-12-41(13-11-40)35(45)47-36(4,5)6/h14-20,24,31H,8-13H2,1-7H3. The minimum absolute atomic E-state index is 0.00529. The summed E-state index contributed by atoms with van der Waals surface area (Å²) in [6.45, 7) is 13.1. The molecule has 1 unspecified atom stereocenters. The number of piperazine rings is 1. The fourth-order valence-electron chi connectivity index (χ4n) is 6.60. The number of anilines is 1. The van der Waals surface area contributed by atoms with Crippen LogP contribution in [0, 0.1) is 18.7 Å². The van der Waals surface area contributed by atoms with Crippen LogP contribution in [0.25, 0.3) is 21.9 Å². The van der Waals surface area contributed by atoms with E-state index in [2.05, 4.69) is 15.9 Å². The highest BCUT2D eigenvalue weighted by molar-refractivity contribution is 9.10. The molecule has 3 heterocycles. The molecule has 1 saturated heterocycles. The molecule has 47 heavy (non-hydrogen) atoms. The second kappa shape index (κ2) is 12.3. The first-order valence-corrected chi connectivity index (χ1v) is 17.0. The molecular weight excluding hydrogens is 667 g/mol. The maximum Gasteiger partial charge on any atom is 0.410 e. The van der Waals surface area contributed by atoms with Crippen molar-refractivity contribution in [1.82, 2.24) is 14.4 Å². The van der Waals surface area contributed by atoms with Gasteiger partial charge in [0, 0.05) is 60.7 Å². The molecule has 0 spiro atoms. The number of furan rings is 1. The van der Waals surface area contributed by atoms with Gasteiger partial charge in [-0.2, -0.15) is 0 Å². The zero-order valence-electron chi connectivity index (χ0n) is 28.0. The van der Waals surface area contributed by atoms with Crippen LogP contribution in [0.2, 0.25) is 0 Å². The molecule has 0 N–H and O–H groups in total. The number of rotatable bonds is 6. The van der Waals surface area contributed by atoms with Crippen LogP contribution < -0.4 is 10.3 Å². The van der Waals surface area contributed by atoms with Crippen LogP contribution in [0.4, 0.5) is 14.9 Å². The Balaban J connectivity index is 1.32. The van der Waals surface area contributed by atoms with Crippen LogP contribution in [0.3, 0.4) is 0 Å². The fraction of sp³-hybridized carbons (Fsp3) is 0.472. The van der Waals surface area contributed by atoms with Gasteiger partial charge in [0.05, 0.1) is 17.2 Å². The Labute approximate surface area is 282 Å². The first-order valence-electron chi connectivity index (χ1n) is 16.2. The molecule has 2 aliphatic rings. The van der Waals surface area contributed by atoms with Crippen LogP contribution in [0.15, 0.2) is 50.2 Å². The van der Waals surface area contributed by atoms with E-state index in [0.29, 0.717) is 43.1 Å². The number of ether oxygens (including phenoxy) is 1. The van der Waals surface area contributed by atoms with Crippen LogP contribution in [0.5, 0.6) is 0 Å². The predicted octanol–water partition coefficient (Wildman–Crippen LogP) is 7.82. The Bertz CT molecular complexity index is 1930. The van der Waals surface area contributed by atoms with Crippen LogP contribution >= 0.6 is 15.9 Å². The summed E-state index contributed by atoms with van der Waals surface area (Å²) in [7, 11) is 1.69. The van der Waals surface area contributed by atoms with E-state index in [1.165, 1.54) is 6.07 Å². The van der Waals surface area contributed by atoms with Crippen molar-refractivity contribution >= 4 is 55.5 Å².